The fourth-order valence-electron chi connectivity index (χ4n) is 1.38. The average molecular weight is 320 g/mol. The van der Waals surface area contributed by atoms with Crippen molar-refractivity contribution in [2.75, 3.05) is 6.54 Å². The van der Waals surface area contributed by atoms with Crippen molar-refractivity contribution in [1.29, 1.82) is 0 Å². The van der Waals surface area contributed by atoms with E-state index in [4.69, 9.17) is 11.6 Å². The molecular formula is C12H18ClN3O3S. The number of nitrogens with one attached hydrogen (secondary N) is 2. The molecule has 0 aliphatic rings. The summed E-state index contributed by atoms with van der Waals surface area (Å²) in [4.78, 5) is 15.3. The first kappa shape index (κ1) is 16.9. The number of halogens is 1. The monoisotopic (exact) mass is 319 g/mol. The lowest BCUT2D eigenvalue weighted by Crippen LogP contribution is -2.41. The number of carbonyl (C=O) groups excluding carboxylic acids is 1. The lowest BCUT2D eigenvalue weighted by atomic mass is 10.1. The maximum Gasteiger partial charge on any atom is 0.242 e. The number of hydrogen-bond donors (Lipinski definition) is 2. The predicted octanol–water partition coefficient (Wildman–Crippen LogP) is 1.32. The van der Waals surface area contributed by atoms with Crippen LogP contribution >= 0.6 is 11.6 Å². The third-order valence-corrected chi connectivity index (χ3v) is 3.84. The van der Waals surface area contributed by atoms with Crippen molar-refractivity contribution in [3.05, 3.63) is 23.5 Å². The molecule has 0 atom stereocenters. The second-order valence-corrected chi connectivity index (χ2v) is 7.42. The fourth-order valence-corrected chi connectivity index (χ4v) is 2.47. The molecule has 1 aromatic rings. The van der Waals surface area contributed by atoms with Gasteiger partial charge in [0.25, 0.3) is 0 Å². The molecule has 0 saturated heterocycles. The van der Waals surface area contributed by atoms with Gasteiger partial charge in [-0.2, -0.15) is 0 Å². The number of sulfonamides is 1. The van der Waals surface area contributed by atoms with Gasteiger partial charge < -0.3 is 5.32 Å². The summed E-state index contributed by atoms with van der Waals surface area (Å²) in [6.45, 7) is 5.59. The van der Waals surface area contributed by atoms with E-state index in [1.807, 2.05) is 20.8 Å². The van der Waals surface area contributed by atoms with Gasteiger partial charge in [0, 0.05) is 24.7 Å². The Morgan fingerprint density at radius 2 is 2.00 bits per heavy atom. The first-order valence-electron chi connectivity index (χ1n) is 6.02. The number of amides is 1. The van der Waals surface area contributed by atoms with Crippen LogP contribution in [0.1, 0.15) is 27.2 Å². The van der Waals surface area contributed by atoms with E-state index < -0.39 is 10.0 Å². The lowest BCUT2D eigenvalue weighted by molar-refractivity contribution is -0.122. The molecule has 0 aromatic carbocycles. The Bertz CT molecular complexity index is 565. The molecular weight excluding hydrogens is 302 g/mol. The molecule has 112 valence electrons. The van der Waals surface area contributed by atoms with E-state index in [1.54, 1.807) is 0 Å². The van der Waals surface area contributed by atoms with Crippen LogP contribution in [0.15, 0.2) is 23.2 Å². The zero-order valence-corrected chi connectivity index (χ0v) is 13.2. The molecule has 0 bridgehead atoms. The number of aromatic nitrogens is 1. The van der Waals surface area contributed by atoms with Crippen LogP contribution < -0.4 is 10.0 Å². The van der Waals surface area contributed by atoms with E-state index in [1.165, 1.54) is 18.3 Å². The average Bonchev–Trinajstić information content (AvgIpc) is 2.26. The Morgan fingerprint density at radius 3 is 2.50 bits per heavy atom. The summed E-state index contributed by atoms with van der Waals surface area (Å²) >= 11 is 5.59. The van der Waals surface area contributed by atoms with Crippen molar-refractivity contribution in [1.82, 2.24) is 15.0 Å². The minimum atomic E-state index is -3.67. The van der Waals surface area contributed by atoms with E-state index in [9.17, 15) is 13.2 Å². The van der Waals surface area contributed by atoms with Gasteiger partial charge in [-0.25, -0.2) is 18.1 Å². The van der Waals surface area contributed by atoms with Gasteiger partial charge in [0.15, 0.2) is 0 Å². The Balaban J connectivity index is 2.53. The minimum Gasteiger partial charge on any atom is -0.351 e. The maximum absolute atomic E-state index is 11.9. The van der Waals surface area contributed by atoms with Crippen molar-refractivity contribution >= 4 is 27.5 Å². The minimum absolute atomic E-state index is 0.0122. The van der Waals surface area contributed by atoms with Gasteiger partial charge in [-0.15, -0.1) is 0 Å². The number of nitrogens with zero attached hydrogens (tertiary/aromatic N) is 1. The Hall–Kier alpha value is -1.18. The summed E-state index contributed by atoms with van der Waals surface area (Å²) in [5.41, 5.74) is -0.337. The van der Waals surface area contributed by atoms with E-state index in [0.29, 0.717) is 0 Å². The molecule has 2 N–H and O–H groups in total. The smallest absolute Gasteiger partial charge is 0.242 e. The van der Waals surface area contributed by atoms with E-state index >= 15 is 0 Å². The molecule has 0 spiro atoms. The standard InChI is InChI=1S/C12H18ClN3O3S/c1-12(2,3)16-11(17)6-7-15-20(18,19)9-4-5-10(13)14-8-9/h4-5,8,15H,6-7H2,1-3H3,(H,16,17). The van der Waals surface area contributed by atoms with Crippen LogP contribution in [0, 0.1) is 0 Å². The van der Waals surface area contributed by atoms with Crippen molar-refractivity contribution in [3.8, 4) is 0 Å². The summed E-state index contributed by atoms with van der Waals surface area (Å²) in [5.74, 6) is -0.213. The van der Waals surface area contributed by atoms with Crippen molar-refractivity contribution in [3.63, 3.8) is 0 Å². The Morgan fingerprint density at radius 1 is 1.35 bits per heavy atom. The molecule has 0 fully saturated rings. The normalized spacial score (nSPS) is 12.2. The molecule has 1 amide bonds. The lowest BCUT2D eigenvalue weighted by Gasteiger charge is -2.20. The summed E-state index contributed by atoms with van der Waals surface area (Å²) in [6.07, 6.45) is 1.23. The van der Waals surface area contributed by atoms with Crippen molar-refractivity contribution in [2.45, 2.75) is 37.6 Å². The van der Waals surface area contributed by atoms with Crippen LogP contribution in [-0.2, 0) is 14.8 Å². The molecule has 0 saturated carbocycles. The zero-order valence-electron chi connectivity index (χ0n) is 11.6. The molecule has 20 heavy (non-hydrogen) atoms. The van der Waals surface area contributed by atoms with Crippen LogP contribution in [0.25, 0.3) is 0 Å². The van der Waals surface area contributed by atoms with Gasteiger partial charge in [-0.05, 0) is 32.9 Å². The van der Waals surface area contributed by atoms with Crippen LogP contribution in [-0.4, -0.2) is 31.4 Å². The summed E-state index contributed by atoms with van der Waals surface area (Å²) in [7, 11) is -3.67. The SMILES string of the molecule is CC(C)(C)NC(=O)CCNS(=O)(=O)c1ccc(Cl)nc1. The van der Waals surface area contributed by atoms with Gasteiger partial charge in [0.2, 0.25) is 15.9 Å². The Labute approximate surface area is 124 Å². The Kier molecular flexibility index (Phi) is 5.50. The highest BCUT2D eigenvalue weighted by atomic mass is 35.5. The molecule has 1 rings (SSSR count). The molecule has 6 nitrogen and oxygen atoms in total. The van der Waals surface area contributed by atoms with Gasteiger partial charge >= 0.3 is 0 Å². The first-order valence-corrected chi connectivity index (χ1v) is 7.88. The second-order valence-electron chi connectivity index (χ2n) is 5.26. The molecule has 1 aromatic heterocycles. The first-order chi connectivity index (χ1) is 9.10. The largest absolute Gasteiger partial charge is 0.351 e. The van der Waals surface area contributed by atoms with E-state index in [0.717, 1.165) is 0 Å². The molecule has 0 radical (unpaired) electrons. The summed E-state index contributed by atoms with van der Waals surface area (Å²) in [5, 5.41) is 2.97. The fraction of sp³-hybridized carbons (Fsp3) is 0.500. The molecule has 1 heterocycles. The molecule has 0 aliphatic heterocycles. The number of hydrogen-bond acceptors (Lipinski definition) is 4. The topological polar surface area (TPSA) is 88.2 Å². The van der Waals surface area contributed by atoms with E-state index in [-0.39, 0.29) is 34.5 Å². The zero-order chi connectivity index (χ0) is 15.4. The van der Waals surface area contributed by atoms with Gasteiger partial charge in [0.1, 0.15) is 10.0 Å². The van der Waals surface area contributed by atoms with Crippen LogP contribution in [0.5, 0.6) is 0 Å². The highest BCUT2D eigenvalue weighted by Crippen LogP contribution is 2.10. The predicted molar refractivity (Wildman–Crippen MR) is 76.9 cm³/mol. The van der Waals surface area contributed by atoms with Crippen molar-refractivity contribution < 1.29 is 13.2 Å². The van der Waals surface area contributed by atoms with Gasteiger partial charge in [-0.3, -0.25) is 4.79 Å². The van der Waals surface area contributed by atoms with Gasteiger partial charge in [0.05, 0.1) is 0 Å². The molecule has 8 heteroatoms. The van der Waals surface area contributed by atoms with Crippen LogP contribution in [0.2, 0.25) is 5.15 Å². The number of pyridine rings is 1. The number of carbonyl (C=O) groups is 1. The highest BCUT2D eigenvalue weighted by molar-refractivity contribution is 7.89. The second kappa shape index (κ2) is 6.51. The third-order valence-electron chi connectivity index (χ3n) is 2.17. The molecule has 0 unspecified atom stereocenters. The maximum atomic E-state index is 11.9. The molecule has 0 aliphatic carbocycles. The quantitative estimate of drug-likeness (QED) is 0.801. The van der Waals surface area contributed by atoms with Crippen LogP contribution in [0.4, 0.5) is 0 Å². The summed E-state index contributed by atoms with van der Waals surface area (Å²) in [6, 6.07) is 2.75. The summed E-state index contributed by atoms with van der Waals surface area (Å²) < 4.78 is 26.1. The highest BCUT2D eigenvalue weighted by Gasteiger charge is 2.16. The van der Waals surface area contributed by atoms with Crippen molar-refractivity contribution in [2.24, 2.45) is 0 Å². The van der Waals surface area contributed by atoms with E-state index in [2.05, 4.69) is 15.0 Å². The van der Waals surface area contributed by atoms with Crippen LogP contribution in [0.3, 0.4) is 0 Å². The number of rotatable bonds is 5. The third kappa shape index (κ3) is 5.85. The van der Waals surface area contributed by atoms with Gasteiger partial charge in [-0.1, -0.05) is 11.6 Å².